The van der Waals surface area contributed by atoms with E-state index >= 15 is 0 Å². The van der Waals surface area contributed by atoms with Crippen molar-refractivity contribution in [3.05, 3.63) is 82.2 Å². The fraction of sp³-hybridized carbons (Fsp3) is 0.360. The van der Waals surface area contributed by atoms with Gasteiger partial charge in [-0.2, -0.15) is 0 Å². The summed E-state index contributed by atoms with van der Waals surface area (Å²) in [6.07, 6.45) is 1.06. The number of aryl methyl sites for hydroxylation is 2. The van der Waals surface area contributed by atoms with Crippen molar-refractivity contribution in [1.82, 2.24) is 15.4 Å². The Labute approximate surface area is 183 Å². The zero-order valence-electron chi connectivity index (χ0n) is 18.4. The number of nitrogens with one attached hydrogen (secondary N) is 1. The molecule has 1 amide bonds. The van der Waals surface area contributed by atoms with E-state index in [1.807, 2.05) is 26.0 Å². The first-order valence-corrected chi connectivity index (χ1v) is 10.7. The Balaban J connectivity index is 1.27. The molecule has 162 valence electrons. The minimum absolute atomic E-state index is 0.0680. The van der Waals surface area contributed by atoms with E-state index in [0.29, 0.717) is 24.5 Å². The van der Waals surface area contributed by atoms with Gasteiger partial charge in [-0.3, -0.25) is 9.69 Å². The van der Waals surface area contributed by atoms with Gasteiger partial charge >= 0.3 is 0 Å². The van der Waals surface area contributed by atoms with Gasteiger partial charge in [-0.25, -0.2) is 0 Å². The second kappa shape index (κ2) is 9.35. The summed E-state index contributed by atoms with van der Waals surface area (Å²) < 4.78 is 11.0. The smallest absolute Gasteiger partial charge is 0.251 e. The summed E-state index contributed by atoms with van der Waals surface area (Å²) >= 11 is 0. The standard InChI is InChI=1S/C25H29N3O3/c1-17(28-13-12-20-6-4-5-7-22(20)15-28)14-26-25(29)21-8-10-23(11-9-21)30-16-24-18(2)27-31-19(24)3/h4-11,17H,12-16H2,1-3H3,(H,26,29). The monoisotopic (exact) mass is 419 g/mol. The van der Waals surface area contributed by atoms with Crippen LogP contribution in [-0.2, 0) is 19.6 Å². The van der Waals surface area contributed by atoms with Crippen LogP contribution in [0.3, 0.4) is 0 Å². The van der Waals surface area contributed by atoms with Gasteiger partial charge in [0.1, 0.15) is 18.1 Å². The van der Waals surface area contributed by atoms with Crippen LogP contribution in [0.2, 0.25) is 0 Å². The van der Waals surface area contributed by atoms with Crippen molar-refractivity contribution in [1.29, 1.82) is 0 Å². The van der Waals surface area contributed by atoms with E-state index in [1.165, 1.54) is 11.1 Å². The SMILES string of the molecule is Cc1noc(C)c1COc1ccc(C(=O)NCC(C)N2CCc3ccccc3C2)cc1. The molecule has 1 aliphatic heterocycles. The number of aromatic nitrogens is 1. The lowest BCUT2D eigenvalue weighted by molar-refractivity contribution is 0.0932. The maximum Gasteiger partial charge on any atom is 0.251 e. The van der Waals surface area contributed by atoms with Gasteiger partial charge in [0, 0.05) is 31.2 Å². The van der Waals surface area contributed by atoms with Crippen LogP contribution in [0, 0.1) is 13.8 Å². The van der Waals surface area contributed by atoms with Crippen LogP contribution in [0.25, 0.3) is 0 Å². The molecule has 0 saturated heterocycles. The molecule has 4 rings (SSSR count). The van der Waals surface area contributed by atoms with E-state index < -0.39 is 0 Å². The highest BCUT2D eigenvalue weighted by Gasteiger charge is 2.21. The number of ether oxygens (including phenoxy) is 1. The largest absolute Gasteiger partial charge is 0.489 e. The molecule has 0 saturated carbocycles. The molecule has 1 N–H and O–H groups in total. The average molecular weight is 420 g/mol. The minimum Gasteiger partial charge on any atom is -0.489 e. The first-order valence-electron chi connectivity index (χ1n) is 10.7. The highest BCUT2D eigenvalue weighted by molar-refractivity contribution is 5.94. The molecule has 0 radical (unpaired) electrons. The molecule has 31 heavy (non-hydrogen) atoms. The quantitative estimate of drug-likeness (QED) is 0.626. The molecular formula is C25H29N3O3. The van der Waals surface area contributed by atoms with Crippen LogP contribution in [0.5, 0.6) is 5.75 Å². The van der Waals surface area contributed by atoms with Gasteiger partial charge in [-0.1, -0.05) is 29.4 Å². The lowest BCUT2D eigenvalue weighted by Gasteiger charge is -2.33. The van der Waals surface area contributed by atoms with Crippen LogP contribution < -0.4 is 10.1 Å². The third-order valence-corrected chi connectivity index (χ3v) is 6.02. The van der Waals surface area contributed by atoms with Gasteiger partial charge in [-0.05, 0) is 62.6 Å². The molecule has 0 aliphatic carbocycles. The molecule has 0 spiro atoms. The fourth-order valence-corrected chi connectivity index (χ4v) is 3.93. The third-order valence-electron chi connectivity index (χ3n) is 6.02. The number of fused-ring (bicyclic) bond motifs is 1. The molecule has 2 heterocycles. The normalized spacial score (nSPS) is 14.7. The minimum atomic E-state index is -0.0680. The molecule has 2 aromatic carbocycles. The van der Waals surface area contributed by atoms with Gasteiger partial charge in [0.15, 0.2) is 0 Å². The number of hydrogen-bond donors (Lipinski definition) is 1. The lowest BCUT2D eigenvalue weighted by Crippen LogP contribution is -2.44. The molecule has 0 fully saturated rings. The zero-order chi connectivity index (χ0) is 21.8. The van der Waals surface area contributed by atoms with Gasteiger partial charge in [0.05, 0.1) is 11.3 Å². The summed E-state index contributed by atoms with van der Waals surface area (Å²) in [6, 6.07) is 16.1. The Hall–Kier alpha value is -3.12. The maximum absolute atomic E-state index is 12.6. The Morgan fingerprint density at radius 3 is 2.61 bits per heavy atom. The van der Waals surface area contributed by atoms with Crippen molar-refractivity contribution in [2.24, 2.45) is 0 Å². The van der Waals surface area contributed by atoms with Crippen molar-refractivity contribution >= 4 is 5.91 Å². The number of carbonyl (C=O) groups is 1. The highest BCUT2D eigenvalue weighted by atomic mass is 16.5. The van der Waals surface area contributed by atoms with E-state index in [2.05, 4.69) is 46.6 Å². The van der Waals surface area contributed by atoms with Crippen molar-refractivity contribution in [2.45, 2.75) is 46.4 Å². The zero-order valence-corrected chi connectivity index (χ0v) is 18.4. The van der Waals surface area contributed by atoms with Gasteiger partial charge in [0.2, 0.25) is 0 Å². The van der Waals surface area contributed by atoms with E-state index in [4.69, 9.17) is 9.26 Å². The summed E-state index contributed by atoms with van der Waals surface area (Å²) in [4.78, 5) is 15.0. The van der Waals surface area contributed by atoms with Crippen LogP contribution in [-0.4, -0.2) is 35.1 Å². The third kappa shape index (κ3) is 4.97. The topological polar surface area (TPSA) is 67.6 Å². The number of hydrogen-bond acceptors (Lipinski definition) is 5. The predicted molar refractivity (Wildman–Crippen MR) is 119 cm³/mol. The Bertz CT molecular complexity index is 1020. The number of carbonyl (C=O) groups excluding carboxylic acids is 1. The number of benzene rings is 2. The molecule has 1 atom stereocenters. The Morgan fingerprint density at radius 1 is 1.16 bits per heavy atom. The first kappa shape index (κ1) is 21.1. The highest BCUT2D eigenvalue weighted by Crippen LogP contribution is 2.20. The van der Waals surface area contributed by atoms with Gasteiger partial charge in [0.25, 0.3) is 5.91 Å². The van der Waals surface area contributed by atoms with Crippen LogP contribution in [0.1, 0.15) is 45.4 Å². The predicted octanol–water partition coefficient (Wildman–Crippen LogP) is 4.05. The Morgan fingerprint density at radius 2 is 1.90 bits per heavy atom. The Kier molecular flexibility index (Phi) is 6.37. The van der Waals surface area contributed by atoms with Crippen LogP contribution in [0.4, 0.5) is 0 Å². The molecule has 6 nitrogen and oxygen atoms in total. The van der Waals surface area contributed by atoms with E-state index in [-0.39, 0.29) is 11.9 Å². The van der Waals surface area contributed by atoms with Gasteiger partial charge in [-0.15, -0.1) is 0 Å². The second-order valence-electron chi connectivity index (χ2n) is 8.16. The molecule has 1 aliphatic rings. The summed E-state index contributed by atoms with van der Waals surface area (Å²) in [6.45, 7) is 8.89. The van der Waals surface area contributed by atoms with Crippen molar-refractivity contribution in [3.8, 4) is 5.75 Å². The van der Waals surface area contributed by atoms with E-state index in [1.54, 1.807) is 12.1 Å². The molecule has 6 heteroatoms. The lowest BCUT2D eigenvalue weighted by atomic mass is 9.99. The maximum atomic E-state index is 12.6. The van der Waals surface area contributed by atoms with Crippen molar-refractivity contribution in [3.63, 3.8) is 0 Å². The van der Waals surface area contributed by atoms with E-state index in [9.17, 15) is 4.79 Å². The summed E-state index contributed by atoms with van der Waals surface area (Å²) in [5, 5.41) is 7.00. The molecule has 0 bridgehead atoms. The molecule has 3 aromatic rings. The summed E-state index contributed by atoms with van der Waals surface area (Å²) in [7, 11) is 0. The van der Waals surface area contributed by atoms with Crippen molar-refractivity contribution in [2.75, 3.05) is 13.1 Å². The molecular weight excluding hydrogens is 390 g/mol. The average Bonchev–Trinajstić information content (AvgIpc) is 3.12. The fourth-order valence-electron chi connectivity index (χ4n) is 3.93. The van der Waals surface area contributed by atoms with Crippen molar-refractivity contribution < 1.29 is 14.1 Å². The number of nitrogens with zero attached hydrogens (tertiary/aromatic N) is 2. The van der Waals surface area contributed by atoms with Crippen LogP contribution >= 0.6 is 0 Å². The summed E-state index contributed by atoms with van der Waals surface area (Å²) in [5.41, 5.74) is 5.24. The second-order valence-corrected chi connectivity index (χ2v) is 8.16. The molecule has 1 unspecified atom stereocenters. The van der Waals surface area contributed by atoms with E-state index in [0.717, 1.165) is 36.5 Å². The van der Waals surface area contributed by atoms with Gasteiger partial charge < -0.3 is 14.6 Å². The van der Waals surface area contributed by atoms with Crippen LogP contribution in [0.15, 0.2) is 53.1 Å². The first-order chi connectivity index (χ1) is 15.0. The molecule has 1 aromatic heterocycles. The summed E-state index contributed by atoms with van der Waals surface area (Å²) in [5.74, 6) is 1.40. The number of rotatable bonds is 7. The number of amides is 1.